The highest BCUT2D eigenvalue weighted by Crippen LogP contribution is 2.33. The van der Waals surface area contributed by atoms with E-state index in [0.29, 0.717) is 23.6 Å². The van der Waals surface area contributed by atoms with Crippen molar-refractivity contribution in [3.05, 3.63) is 40.3 Å². The highest BCUT2D eigenvalue weighted by molar-refractivity contribution is 6.09. The molecule has 1 saturated carbocycles. The van der Waals surface area contributed by atoms with Crippen LogP contribution in [-0.4, -0.2) is 50.5 Å². The van der Waals surface area contributed by atoms with Crippen LogP contribution in [-0.2, 0) is 16.1 Å². The van der Waals surface area contributed by atoms with Crippen molar-refractivity contribution >= 4 is 34.5 Å². The van der Waals surface area contributed by atoms with E-state index in [1.54, 1.807) is 31.2 Å². The molecule has 32 heavy (non-hydrogen) atoms. The predicted molar refractivity (Wildman–Crippen MR) is 113 cm³/mol. The van der Waals surface area contributed by atoms with E-state index in [2.05, 4.69) is 21.3 Å². The van der Waals surface area contributed by atoms with Gasteiger partial charge in [0.15, 0.2) is 5.69 Å². The average Bonchev–Trinajstić information content (AvgIpc) is 3.02. The molecule has 1 aliphatic carbocycles. The Hall–Kier alpha value is -3.76. The lowest BCUT2D eigenvalue weighted by Crippen LogP contribution is -2.50. The molecule has 0 bridgehead atoms. The minimum atomic E-state index is -0.921. The molecule has 1 aliphatic heterocycles. The third-order valence-electron chi connectivity index (χ3n) is 5.95. The van der Waals surface area contributed by atoms with Gasteiger partial charge in [-0.15, -0.1) is 0 Å². The van der Waals surface area contributed by atoms with Crippen LogP contribution in [0.1, 0.15) is 49.5 Å². The maximum absolute atomic E-state index is 12.8. The number of nitrogens with zero attached hydrogens (tertiary/aromatic N) is 3. The molecule has 0 atom stereocenters. The molecule has 0 radical (unpaired) electrons. The van der Waals surface area contributed by atoms with Crippen LogP contribution in [0.4, 0.5) is 4.79 Å². The van der Waals surface area contributed by atoms with Crippen LogP contribution in [0.3, 0.4) is 0 Å². The van der Waals surface area contributed by atoms with E-state index in [0.717, 1.165) is 28.8 Å². The molecule has 5 amide bonds. The van der Waals surface area contributed by atoms with Crippen molar-refractivity contribution in [3.63, 3.8) is 0 Å². The third kappa shape index (κ3) is 3.70. The first-order valence-corrected chi connectivity index (χ1v) is 10.6. The van der Waals surface area contributed by atoms with Crippen LogP contribution in [0.25, 0.3) is 10.8 Å². The summed E-state index contributed by atoms with van der Waals surface area (Å²) in [7, 11) is 0. The van der Waals surface area contributed by atoms with E-state index < -0.39 is 35.8 Å². The number of nitrogens with one attached hydrogen (secondary N) is 3. The first kappa shape index (κ1) is 21.5. The van der Waals surface area contributed by atoms with Gasteiger partial charge in [-0.1, -0.05) is 37.5 Å². The number of urea groups is 1. The Morgan fingerprint density at radius 3 is 2.44 bits per heavy atom. The standard InChI is InChI=1S/C21H24N6O5/c1-2-27-18(30)14-9-5-4-8-13(14)16(25-27)17(29)24-23-15(28)12-26-19(31)21(22-20(26)32)10-6-3-7-11-21/h4-5,8-9H,2-3,6-7,10-12H2,1H3,(H,22,32)(H,23,28)(H,24,29). The number of aryl methyl sites for hydroxylation is 1. The average molecular weight is 440 g/mol. The number of imide groups is 1. The summed E-state index contributed by atoms with van der Waals surface area (Å²) in [6, 6.07) is 5.94. The van der Waals surface area contributed by atoms with Gasteiger partial charge >= 0.3 is 6.03 Å². The largest absolute Gasteiger partial charge is 0.325 e. The number of carbonyl (C=O) groups is 4. The zero-order valence-electron chi connectivity index (χ0n) is 17.6. The first-order chi connectivity index (χ1) is 15.4. The van der Waals surface area contributed by atoms with Crippen molar-refractivity contribution in [1.29, 1.82) is 0 Å². The van der Waals surface area contributed by atoms with Crippen molar-refractivity contribution < 1.29 is 19.2 Å². The van der Waals surface area contributed by atoms with E-state index in [9.17, 15) is 24.0 Å². The van der Waals surface area contributed by atoms with Gasteiger partial charge in [0, 0.05) is 11.9 Å². The second-order valence-corrected chi connectivity index (χ2v) is 7.98. The van der Waals surface area contributed by atoms with Crippen LogP contribution >= 0.6 is 0 Å². The molecule has 2 aromatic rings. The van der Waals surface area contributed by atoms with Crippen LogP contribution in [0.15, 0.2) is 29.1 Å². The number of rotatable bonds is 4. The predicted octanol–water partition coefficient (Wildman–Crippen LogP) is 0.432. The van der Waals surface area contributed by atoms with E-state index in [1.807, 2.05) is 0 Å². The Bertz CT molecular complexity index is 1170. The molecule has 2 aliphatic rings. The first-order valence-electron chi connectivity index (χ1n) is 10.6. The number of benzene rings is 1. The van der Waals surface area contributed by atoms with Crippen molar-refractivity contribution in [1.82, 2.24) is 30.8 Å². The third-order valence-corrected chi connectivity index (χ3v) is 5.95. The summed E-state index contributed by atoms with van der Waals surface area (Å²) in [5.74, 6) is -1.87. The fourth-order valence-electron chi connectivity index (χ4n) is 4.30. The molecule has 0 unspecified atom stereocenters. The molecule has 1 saturated heterocycles. The Labute approximate surface area is 183 Å². The molecule has 1 aromatic carbocycles. The number of hydrazine groups is 1. The van der Waals surface area contributed by atoms with Crippen LogP contribution in [0.5, 0.6) is 0 Å². The monoisotopic (exact) mass is 440 g/mol. The number of carbonyl (C=O) groups excluding carboxylic acids is 4. The molecule has 3 N–H and O–H groups in total. The topological polar surface area (TPSA) is 142 Å². The number of fused-ring (bicyclic) bond motifs is 1. The highest BCUT2D eigenvalue weighted by atomic mass is 16.2. The number of aromatic nitrogens is 2. The SMILES string of the molecule is CCn1nc(C(=O)NNC(=O)CN2C(=O)NC3(CCCCC3)C2=O)c2ccccc2c1=O. The fourth-order valence-corrected chi connectivity index (χ4v) is 4.30. The normalized spacial score (nSPS) is 17.5. The molecular weight excluding hydrogens is 416 g/mol. The Morgan fingerprint density at radius 2 is 1.75 bits per heavy atom. The lowest BCUT2D eigenvalue weighted by molar-refractivity contribution is -0.136. The molecule has 168 valence electrons. The molecule has 1 spiro atoms. The molecule has 11 heteroatoms. The molecule has 2 fully saturated rings. The van der Waals surface area contributed by atoms with Gasteiger partial charge in [0.2, 0.25) is 0 Å². The van der Waals surface area contributed by atoms with Crippen LogP contribution in [0, 0.1) is 0 Å². The smallest absolute Gasteiger partial charge is 0.323 e. The van der Waals surface area contributed by atoms with Gasteiger partial charge in [0.05, 0.1) is 5.39 Å². The minimum Gasteiger partial charge on any atom is -0.323 e. The lowest BCUT2D eigenvalue weighted by Gasteiger charge is -2.30. The molecule has 1 aromatic heterocycles. The quantitative estimate of drug-likeness (QED) is 0.465. The lowest BCUT2D eigenvalue weighted by atomic mass is 9.82. The second kappa shape index (κ2) is 8.40. The Morgan fingerprint density at radius 1 is 1.06 bits per heavy atom. The Kier molecular flexibility index (Phi) is 5.64. The van der Waals surface area contributed by atoms with E-state index in [-0.39, 0.29) is 17.8 Å². The van der Waals surface area contributed by atoms with Crippen molar-refractivity contribution in [2.24, 2.45) is 0 Å². The van der Waals surface area contributed by atoms with Gasteiger partial charge in [-0.25, -0.2) is 9.48 Å². The number of amides is 5. The maximum Gasteiger partial charge on any atom is 0.325 e. The van der Waals surface area contributed by atoms with E-state index in [4.69, 9.17) is 0 Å². The van der Waals surface area contributed by atoms with Gasteiger partial charge in [-0.05, 0) is 25.8 Å². The summed E-state index contributed by atoms with van der Waals surface area (Å²) < 4.78 is 1.16. The van der Waals surface area contributed by atoms with Gasteiger partial charge in [-0.3, -0.25) is 34.9 Å². The summed E-state index contributed by atoms with van der Waals surface area (Å²) >= 11 is 0. The second-order valence-electron chi connectivity index (χ2n) is 7.98. The van der Waals surface area contributed by atoms with Gasteiger partial charge in [-0.2, -0.15) is 5.10 Å². The molecular formula is C21H24N6O5. The van der Waals surface area contributed by atoms with Crippen molar-refractivity contribution in [2.75, 3.05) is 6.54 Å². The number of hydrogen-bond donors (Lipinski definition) is 3. The van der Waals surface area contributed by atoms with E-state index >= 15 is 0 Å². The fraction of sp³-hybridized carbons (Fsp3) is 0.429. The minimum absolute atomic E-state index is 0.0292. The summed E-state index contributed by atoms with van der Waals surface area (Å²) in [5, 5.41) is 7.51. The van der Waals surface area contributed by atoms with Crippen LogP contribution in [0.2, 0.25) is 0 Å². The summed E-state index contributed by atoms with van der Waals surface area (Å²) in [5.41, 5.74) is 3.20. The van der Waals surface area contributed by atoms with Crippen LogP contribution < -0.4 is 21.7 Å². The summed E-state index contributed by atoms with van der Waals surface area (Å²) in [4.78, 5) is 63.4. The molecule has 11 nitrogen and oxygen atoms in total. The zero-order valence-corrected chi connectivity index (χ0v) is 17.6. The number of hydrogen-bond acceptors (Lipinski definition) is 6. The van der Waals surface area contributed by atoms with Crippen molar-refractivity contribution in [3.8, 4) is 0 Å². The summed E-state index contributed by atoms with van der Waals surface area (Å²) in [6.07, 6.45) is 3.79. The van der Waals surface area contributed by atoms with Gasteiger partial charge in [0.1, 0.15) is 12.1 Å². The summed E-state index contributed by atoms with van der Waals surface area (Å²) in [6.45, 7) is 1.48. The molecule has 4 rings (SSSR count). The van der Waals surface area contributed by atoms with Gasteiger partial charge in [0.25, 0.3) is 23.3 Å². The van der Waals surface area contributed by atoms with E-state index in [1.165, 1.54) is 0 Å². The zero-order chi connectivity index (χ0) is 22.9. The molecule has 2 heterocycles. The van der Waals surface area contributed by atoms with Crippen molar-refractivity contribution in [2.45, 2.75) is 51.1 Å². The Balaban J connectivity index is 1.44. The van der Waals surface area contributed by atoms with Gasteiger partial charge < -0.3 is 5.32 Å². The highest BCUT2D eigenvalue weighted by Gasteiger charge is 2.51. The maximum atomic E-state index is 12.8.